The van der Waals surface area contributed by atoms with E-state index in [-0.39, 0.29) is 48.4 Å². The zero-order chi connectivity index (χ0) is 23.0. The number of aliphatic hydroxyl groups excluding tert-OH is 1. The molecule has 4 rings (SSSR count). The molecule has 0 aromatic heterocycles. The number of benzene rings is 3. The number of β-amino-alcohol motifs (C(OH)–C–C–N with tert-alkyl or cyclic N) is 1. The van der Waals surface area contributed by atoms with Crippen LogP contribution in [0.25, 0.3) is 0 Å². The van der Waals surface area contributed by atoms with Crippen LogP contribution < -0.4 is 5.32 Å². The van der Waals surface area contributed by atoms with Crippen molar-refractivity contribution in [1.29, 1.82) is 0 Å². The van der Waals surface area contributed by atoms with E-state index in [1.165, 1.54) is 29.8 Å². The molecular weight excluding hydrogens is 489 g/mol. The average molecular weight is 523 g/mol. The van der Waals surface area contributed by atoms with E-state index in [0.717, 1.165) is 50.0 Å². The first-order chi connectivity index (χ1) is 16.1. The largest absolute Gasteiger partial charge is 0.390 e. The third-order valence-corrected chi connectivity index (χ3v) is 6.59. The minimum Gasteiger partial charge on any atom is -0.390 e. The molecule has 0 radical (unpaired) electrons. The van der Waals surface area contributed by atoms with Crippen molar-refractivity contribution in [2.75, 3.05) is 19.6 Å². The summed E-state index contributed by atoms with van der Waals surface area (Å²) in [6, 6.07) is 23.5. The van der Waals surface area contributed by atoms with Crippen molar-refractivity contribution in [3.05, 3.63) is 107 Å². The Balaban J connectivity index is 0.00000216. The summed E-state index contributed by atoms with van der Waals surface area (Å²) >= 11 is 0. The molecule has 3 nitrogen and oxygen atoms in total. The lowest BCUT2D eigenvalue weighted by atomic mass is 9.87. The molecule has 0 amide bonds. The van der Waals surface area contributed by atoms with Crippen LogP contribution in [0.4, 0.5) is 8.78 Å². The predicted octanol–water partition coefficient (Wildman–Crippen LogP) is 5.95. The standard InChI is InChI=1S/C28H32F2N2O.2ClH/c29-24-12-8-22(9-13-24)26(23-10-14-25(30)15-11-23)7-4-17-32-18-16-27(28(33)20-32)31-19-21-5-2-1-3-6-21;;/h1-3,5-6,8-15,26-28,31,33H,4,7,16-20H2;2*1H/t27-,28-;;/m0../s1. The number of rotatable bonds is 9. The Morgan fingerprint density at radius 2 is 1.43 bits per heavy atom. The van der Waals surface area contributed by atoms with Crippen molar-refractivity contribution in [3.63, 3.8) is 0 Å². The minimum atomic E-state index is -0.396. The number of aliphatic hydroxyl groups is 1. The molecule has 1 fully saturated rings. The highest BCUT2D eigenvalue weighted by molar-refractivity contribution is 5.85. The second-order valence-electron chi connectivity index (χ2n) is 8.93. The van der Waals surface area contributed by atoms with Crippen LogP contribution in [0.15, 0.2) is 78.9 Å². The van der Waals surface area contributed by atoms with E-state index >= 15 is 0 Å². The van der Waals surface area contributed by atoms with Gasteiger partial charge in [-0.2, -0.15) is 0 Å². The Hall–Kier alpha value is -2.02. The molecule has 1 aliphatic rings. The number of hydrogen-bond acceptors (Lipinski definition) is 3. The van der Waals surface area contributed by atoms with Crippen molar-refractivity contribution in [2.45, 2.75) is 43.9 Å². The molecule has 3 aromatic carbocycles. The molecule has 1 aliphatic heterocycles. The van der Waals surface area contributed by atoms with Crippen LogP contribution in [0.3, 0.4) is 0 Å². The van der Waals surface area contributed by atoms with Gasteiger partial charge < -0.3 is 15.3 Å². The van der Waals surface area contributed by atoms with Gasteiger partial charge in [0.2, 0.25) is 0 Å². The quantitative estimate of drug-likeness (QED) is 0.364. The summed E-state index contributed by atoms with van der Waals surface area (Å²) in [6.07, 6.45) is 2.33. The topological polar surface area (TPSA) is 35.5 Å². The summed E-state index contributed by atoms with van der Waals surface area (Å²) in [5, 5.41) is 14.2. The molecular formula is C28H34Cl2F2N2O. The van der Waals surface area contributed by atoms with E-state index in [0.29, 0.717) is 6.54 Å². The Morgan fingerprint density at radius 1 is 0.857 bits per heavy atom. The fourth-order valence-corrected chi connectivity index (χ4v) is 4.72. The van der Waals surface area contributed by atoms with E-state index in [1.54, 1.807) is 0 Å². The summed E-state index contributed by atoms with van der Waals surface area (Å²) in [6.45, 7) is 3.26. The van der Waals surface area contributed by atoms with Crippen molar-refractivity contribution >= 4 is 24.8 Å². The molecule has 0 aliphatic carbocycles. The molecule has 0 spiro atoms. The van der Waals surface area contributed by atoms with E-state index in [2.05, 4.69) is 22.3 Å². The molecule has 2 atom stereocenters. The highest BCUT2D eigenvalue weighted by atomic mass is 35.5. The average Bonchev–Trinajstić information content (AvgIpc) is 2.83. The fraction of sp³-hybridized carbons (Fsp3) is 0.357. The lowest BCUT2D eigenvalue weighted by Crippen LogP contribution is -2.52. The summed E-state index contributed by atoms with van der Waals surface area (Å²) in [7, 11) is 0. The first-order valence-corrected chi connectivity index (χ1v) is 11.8. The van der Waals surface area contributed by atoms with Crippen molar-refractivity contribution < 1.29 is 13.9 Å². The fourth-order valence-electron chi connectivity index (χ4n) is 4.72. The maximum atomic E-state index is 13.4. The summed E-state index contributed by atoms with van der Waals surface area (Å²) in [5.74, 6) is -0.426. The van der Waals surface area contributed by atoms with Crippen LogP contribution in [0, 0.1) is 11.6 Å². The molecule has 35 heavy (non-hydrogen) atoms. The van der Waals surface area contributed by atoms with E-state index in [9.17, 15) is 13.9 Å². The molecule has 0 saturated carbocycles. The van der Waals surface area contributed by atoms with Crippen LogP contribution in [-0.4, -0.2) is 41.8 Å². The number of nitrogens with one attached hydrogen (secondary N) is 1. The van der Waals surface area contributed by atoms with Gasteiger partial charge >= 0.3 is 0 Å². The second-order valence-corrected chi connectivity index (χ2v) is 8.93. The van der Waals surface area contributed by atoms with Crippen molar-refractivity contribution in [1.82, 2.24) is 10.2 Å². The minimum absolute atomic E-state index is 0. The molecule has 1 heterocycles. The summed E-state index contributed by atoms with van der Waals surface area (Å²) in [4.78, 5) is 2.32. The maximum Gasteiger partial charge on any atom is 0.123 e. The number of piperidine rings is 1. The van der Waals surface area contributed by atoms with Gasteiger partial charge in [-0.15, -0.1) is 24.8 Å². The number of hydrogen-bond donors (Lipinski definition) is 2. The molecule has 1 saturated heterocycles. The van der Waals surface area contributed by atoms with Gasteiger partial charge in [-0.3, -0.25) is 0 Å². The molecule has 0 unspecified atom stereocenters. The van der Waals surface area contributed by atoms with Gasteiger partial charge in [-0.05, 0) is 73.3 Å². The normalized spacial score (nSPS) is 18.1. The Kier molecular flexibility index (Phi) is 12.1. The maximum absolute atomic E-state index is 13.4. The van der Waals surface area contributed by atoms with Gasteiger partial charge in [0.25, 0.3) is 0 Å². The van der Waals surface area contributed by atoms with Gasteiger partial charge in [0.05, 0.1) is 6.10 Å². The molecule has 7 heteroatoms. The first kappa shape index (κ1) is 29.2. The number of likely N-dealkylation sites (tertiary alicyclic amines) is 1. The third-order valence-electron chi connectivity index (χ3n) is 6.59. The van der Waals surface area contributed by atoms with Gasteiger partial charge in [0, 0.05) is 25.0 Å². The predicted molar refractivity (Wildman–Crippen MR) is 143 cm³/mol. The van der Waals surface area contributed by atoms with Crippen LogP contribution in [0.1, 0.15) is 41.9 Å². The zero-order valence-corrected chi connectivity index (χ0v) is 21.3. The molecule has 190 valence electrons. The summed E-state index contributed by atoms with van der Waals surface area (Å²) < 4.78 is 26.9. The van der Waals surface area contributed by atoms with Gasteiger partial charge in [-0.25, -0.2) is 8.78 Å². The summed E-state index contributed by atoms with van der Waals surface area (Å²) in [5.41, 5.74) is 3.29. The Morgan fingerprint density at radius 3 is 1.97 bits per heavy atom. The van der Waals surface area contributed by atoms with Crippen LogP contribution >= 0.6 is 24.8 Å². The van der Waals surface area contributed by atoms with Crippen LogP contribution in [-0.2, 0) is 6.54 Å². The first-order valence-electron chi connectivity index (χ1n) is 11.8. The van der Waals surface area contributed by atoms with Crippen molar-refractivity contribution in [3.8, 4) is 0 Å². The zero-order valence-electron chi connectivity index (χ0n) is 19.7. The van der Waals surface area contributed by atoms with Crippen molar-refractivity contribution in [2.24, 2.45) is 0 Å². The lowest BCUT2D eigenvalue weighted by Gasteiger charge is -2.36. The smallest absolute Gasteiger partial charge is 0.123 e. The van der Waals surface area contributed by atoms with Crippen LogP contribution in [0.2, 0.25) is 0 Å². The number of nitrogens with zero attached hydrogens (tertiary/aromatic N) is 1. The molecule has 0 bridgehead atoms. The lowest BCUT2D eigenvalue weighted by molar-refractivity contribution is 0.0392. The van der Waals surface area contributed by atoms with E-state index in [4.69, 9.17) is 0 Å². The van der Waals surface area contributed by atoms with Crippen LogP contribution in [0.5, 0.6) is 0 Å². The van der Waals surface area contributed by atoms with Gasteiger partial charge in [0.15, 0.2) is 0 Å². The Bertz CT molecular complexity index is 945. The monoisotopic (exact) mass is 522 g/mol. The second kappa shape index (κ2) is 14.5. The highest BCUT2D eigenvalue weighted by Gasteiger charge is 2.27. The van der Waals surface area contributed by atoms with E-state index in [1.807, 2.05) is 42.5 Å². The molecule has 3 aromatic rings. The third kappa shape index (κ3) is 8.55. The Labute approximate surface area is 219 Å². The number of halogens is 4. The SMILES string of the molecule is Cl.Cl.O[C@H]1CN(CCCC(c2ccc(F)cc2)c2ccc(F)cc2)CC[C@@H]1NCc1ccccc1. The molecule has 2 N–H and O–H groups in total. The highest BCUT2D eigenvalue weighted by Crippen LogP contribution is 2.30. The van der Waals surface area contributed by atoms with E-state index < -0.39 is 6.10 Å². The van der Waals surface area contributed by atoms with Gasteiger partial charge in [-0.1, -0.05) is 54.6 Å². The van der Waals surface area contributed by atoms with Gasteiger partial charge in [0.1, 0.15) is 11.6 Å².